The monoisotopic (exact) mass is 560 g/mol. The Bertz CT molecular complexity index is 2290. The maximum Gasteiger partial charge on any atom is 0.0541 e. The zero-order valence-corrected chi connectivity index (χ0v) is 24.1. The first-order valence-corrected chi connectivity index (χ1v) is 15.1. The molecule has 2 heterocycles. The predicted molar refractivity (Wildman–Crippen MR) is 186 cm³/mol. The normalized spacial score (nSPS) is 11.6. The van der Waals surface area contributed by atoms with Crippen LogP contribution in [0.1, 0.15) is 0 Å². The molecular formula is C42H28N2. The molecule has 0 spiro atoms. The second-order valence-corrected chi connectivity index (χ2v) is 11.4. The van der Waals surface area contributed by atoms with Gasteiger partial charge in [0.1, 0.15) is 0 Å². The van der Waals surface area contributed by atoms with Crippen molar-refractivity contribution in [1.82, 2.24) is 9.13 Å². The molecule has 0 saturated carbocycles. The first-order chi connectivity index (χ1) is 21.8. The topological polar surface area (TPSA) is 9.86 Å². The average Bonchev–Trinajstić information content (AvgIpc) is 3.61. The largest absolute Gasteiger partial charge is 0.309 e. The molecule has 0 bridgehead atoms. The van der Waals surface area contributed by atoms with Crippen LogP contribution >= 0.6 is 0 Å². The zero-order chi connectivity index (χ0) is 29.0. The van der Waals surface area contributed by atoms with Crippen LogP contribution in [0.5, 0.6) is 0 Å². The summed E-state index contributed by atoms with van der Waals surface area (Å²) < 4.78 is 4.73. The molecule has 44 heavy (non-hydrogen) atoms. The zero-order valence-electron chi connectivity index (χ0n) is 24.1. The third kappa shape index (κ3) is 3.82. The van der Waals surface area contributed by atoms with Crippen LogP contribution in [0.15, 0.2) is 170 Å². The maximum absolute atomic E-state index is 2.36. The Balaban J connectivity index is 1.13. The van der Waals surface area contributed by atoms with Crippen molar-refractivity contribution in [2.75, 3.05) is 0 Å². The van der Waals surface area contributed by atoms with Crippen LogP contribution in [0.4, 0.5) is 0 Å². The molecule has 2 nitrogen and oxygen atoms in total. The molecule has 0 fully saturated rings. The van der Waals surface area contributed by atoms with E-state index in [0.29, 0.717) is 0 Å². The number of nitrogens with zero attached hydrogens (tertiary/aromatic N) is 2. The summed E-state index contributed by atoms with van der Waals surface area (Å²) in [6.07, 6.45) is 0. The molecule has 206 valence electrons. The smallest absolute Gasteiger partial charge is 0.0541 e. The van der Waals surface area contributed by atoms with Crippen LogP contribution in [-0.4, -0.2) is 9.13 Å². The summed E-state index contributed by atoms with van der Waals surface area (Å²) in [5.41, 5.74) is 12.1. The van der Waals surface area contributed by atoms with Gasteiger partial charge in [0.2, 0.25) is 0 Å². The van der Waals surface area contributed by atoms with Crippen LogP contribution in [0, 0.1) is 0 Å². The standard InChI is InChI=1S/C42H28N2/c1-3-11-33(12-4-1)43-39-17-9-7-15-35(39)37-27-31(23-25-41(37)43)29-19-21-30(22-20-29)32-24-26-42-38(28-32)36-16-8-10-18-40(36)44(42)34-13-5-2-6-14-34/h1-28H. The molecule has 7 aromatic carbocycles. The summed E-state index contributed by atoms with van der Waals surface area (Å²) in [5, 5.41) is 5.08. The molecular weight excluding hydrogens is 532 g/mol. The molecule has 0 aliphatic rings. The third-order valence-corrected chi connectivity index (χ3v) is 8.93. The summed E-state index contributed by atoms with van der Waals surface area (Å²) in [6.45, 7) is 0. The number of hydrogen-bond acceptors (Lipinski definition) is 0. The van der Waals surface area contributed by atoms with Gasteiger partial charge in [-0.25, -0.2) is 0 Å². The number of hydrogen-bond donors (Lipinski definition) is 0. The molecule has 0 N–H and O–H groups in total. The second kappa shape index (κ2) is 9.86. The highest BCUT2D eigenvalue weighted by atomic mass is 15.0. The number of aromatic nitrogens is 2. The van der Waals surface area contributed by atoms with Crippen LogP contribution in [-0.2, 0) is 0 Å². The number of fused-ring (bicyclic) bond motifs is 6. The number of para-hydroxylation sites is 4. The van der Waals surface area contributed by atoms with E-state index in [0.717, 1.165) is 0 Å². The maximum atomic E-state index is 2.36. The van der Waals surface area contributed by atoms with Crippen molar-refractivity contribution >= 4 is 43.6 Å². The Labute approximate surface area is 255 Å². The predicted octanol–water partition coefficient (Wildman–Crippen LogP) is 11.2. The van der Waals surface area contributed by atoms with Crippen LogP contribution in [0.2, 0.25) is 0 Å². The molecule has 0 aliphatic heterocycles. The van der Waals surface area contributed by atoms with E-state index < -0.39 is 0 Å². The molecule has 0 aliphatic carbocycles. The second-order valence-electron chi connectivity index (χ2n) is 11.4. The number of benzene rings is 7. The summed E-state index contributed by atoms with van der Waals surface area (Å²) in [7, 11) is 0. The van der Waals surface area contributed by atoms with E-state index in [1.54, 1.807) is 0 Å². The summed E-state index contributed by atoms with van der Waals surface area (Å²) in [5.74, 6) is 0. The molecule has 0 unspecified atom stereocenters. The quantitative estimate of drug-likeness (QED) is 0.203. The average molecular weight is 561 g/mol. The lowest BCUT2D eigenvalue weighted by molar-refractivity contribution is 1.18. The van der Waals surface area contributed by atoms with Crippen molar-refractivity contribution in [2.24, 2.45) is 0 Å². The van der Waals surface area contributed by atoms with E-state index in [-0.39, 0.29) is 0 Å². The van der Waals surface area contributed by atoms with Crippen molar-refractivity contribution in [3.8, 4) is 33.6 Å². The van der Waals surface area contributed by atoms with Crippen molar-refractivity contribution in [2.45, 2.75) is 0 Å². The highest BCUT2D eigenvalue weighted by Crippen LogP contribution is 2.37. The highest BCUT2D eigenvalue weighted by molar-refractivity contribution is 6.11. The van der Waals surface area contributed by atoms with E-state index in [2.05, 4.69) is 179 Å². The molecule has 0 atom stereocenters. The van der Waals surface area contributed by atoms with E-state index >= 15 is 0 Å². The van der Waals surface area contributed by atoms with Gasteiger partial charge in [-0.2, -0.15) is 0 Å². The Hall–Kier alpha value is -5.86. The van der Waals surface area contributed by atoms with Gasteiger partial charge in [0.25, 0.3) is 0 Å². The Kier molecular flexibility index (Phi) is 5.54. The molecule has 0 amide bonds. The molecule has 0 saturated heterocycles. The molecule has 9 rings (SSSR count). The van der Waals surface area contributed by atoms with Gasteiger partial charge in [0.05, 0.1) is 22.1 Å². The van der Waals surface area contributed by atoms with Crippen molar-refractivity contribution < 1.29 is 0 Å². The molecule has 9 aromatic rings. The molecule has 0 radical (unpaired) electrons. The van der Waals surface area contributed by atoms with Crippen molar-refractivity contribution in [3.63, 3.8) is 0 Å². The summed E-state index contributed by atoms with van der Waals surface area (Å²) in [4.78, 5) is 0. The van der Waals surface area contributed by atoms with Gasteiger partial charge in [-0.3, -0.25) is 0 Å². The van der Waals surface area contributed by atoms with E-state index in [4.69, 9.17) is 0 Å². The van der Waals surface area contributed by atoms with Crippen LogP contribution in [0.25, 0.3) is 77.2 Å². The lowest BCUT2D eigenvalue weighted by atomic mass is 9.98. The molecule has 2 aromatic heterocycles. The van der Waals surface area contributed by atoms with E-state index in [1.807, 2.05) is 0 Å². The Morgan fingerprint density at radius 1 is 0.250 bits per heavy atom. The van der Waals surface area contributed by atoms with Gasteiger partial charge in [-0.05, 0) is 82.9 Å². The fourth-order valence-corrected chi connectivity index (χ4v) is 6.87. The van der Waals surface area contributed by atoms with Gasteiger partial charge < -0.3 is 9.13 Å². The fraction of sp³-hybridized carbons (Fsp3) is 0. The van der Waals surface area contributed by atoms with Crippen LogP contribution in [0.3, 0.4) is 0 Å². The SMILES string of the molecule is c1ccc(-n2c3ccccc3c3cc(-c4ccc(-c5ccc6c(c5)c5ccccc5n6-c5ccccc5)cc4)ccc32)cc1. The fourth-order valence-electron chi connectivity index (χ4n) is 6.87. The Morgan fingerprint density at radius 3 is 1.02 bits per heavy atom. The minimum Gasteiger partial charge on any atom is -0.309 e. The summed E-state index contributed by atoms with van der Waals surface area (Å²) in [6, 6.07) is 61.4. The summed E-state index contributed by atoms with van der Waals surface area (Å²) >= 11 is 0. The first kappa shape index (κ1) is 24.7. The Morgan fingerprint density at radius 2 is 0.591 bits per heavy atom. The third-order valence-electron chi connectivity index (χ3n) is 8.93. The van der Waals surface area contributed by atoms with Crippen molar-refractivity contribution in [3.05, 3.63) is 170 Å². The minimum absolute atomic E-state index is 1.18. The number of rotatable bonds is 4. The van der Waals surface area contributed by atoms with Gasteiger partial charge in [0, 0.05) is 32.9 Å². The van der Waals surface area contributed by atoms with Gasteiger partial charge in [-0.15, -0.1) is 0 Å². The lowest BCUT2D eigenvalue weighted by Crippen LogP contribution is -1.92. The molecule has 2 heteroatoms. The van der Waals surface area contributed by atoms with Gasteiger partial charge in [0.15, 0.2) is 0 Å². The van der Waals surface area contributed by atoms with Gasteiger partial charge >= 0.3 is 0 Å². The lowest BCUT2D eigenvalue weighted by Gasteiger charge is -2.09. The minimum atomic E-state index is 1.18. The van der Waals surface area contributed by atoms with E-state index in [9.17, 15) is 0 Å². The first-order valence-electron chi connectivity index (χ1n) is 15.1. The van der Waals surface area contributed by atoms with Gasteiger partial charge in [-0.1, -0.05) is 109 Å². The van der Waals surface area contributed by atoms with Crippen molar-refractivity contribution in [1.29, 1.82) is 0 Å². The van der Waals surface area contributed by atoms with E-state index in [1.165, 1.54) is 77.2 Å². The highest BCUT2D eigenvalue weighted by Gasteiger charge is 2.15. The van der Waals surface area contributed by atoms with Crippen LogP contribution < -0.4 is 0 Å².